The maximum Gasteiger partial charge on any atom is 0.240 e. The predicted molar refractivity (Wildman–Crippen MR) is 71.3 cm³/mol. The van der Waals surface area contributed by atoms with Crippen LogP contribution < -0.4 is 0 Å². The molecule has 2 rings (SSSR count). The molecule has 19 heavy (non-hydrogen) atoms. The summed E-state index contributed by atoms with van der Waals surface area (Å²) >= 11 is 0. The molecule has 0 aromatic rings. The van der Waals surface area contributed by atoms with Crippen LogP contribution in [0.15, 0.2) is 0 Å². The molecular weight excluding hydrogens is 242 g/mol. The highest BCUT2D eigenvalue weighted by molar-refractivity contribution is 5.81. The summed E-state index contributed by atoms with van der Waals surface area (Å²) in [6.45, 7) is 8.91. The smallest absolute Gasteiger partial charge is 0.240 e. The number of morpholine rings is 1. The largest absolute Gasteiger partial charge is 0.379 e. The first kappa shape index (κ1) is 14.3. The SMILES string of the molecule is CC(C)C(C#N)C(=O)N1CCC(N2CCOCC2)C1. The Bertz CT molecular complexity index is 358. The summed E-state index contributed by atoms with van der Waals surface area (Å²) in [5.74, 6) is -0.406. The number of ether oxygens (including phenoxy) is 1. The maximum atomic E-state index is 12.3. The Morgan fingerprint density at radius 3 is 2.58 bits per heavy atom. The number of carbonyl (C=O) groups is 1. The van der Waals surface area contributed by atoms with Gasteiger partial charge >= 0.3 is 0 Å². The van der Waals surface area contributed by atoms with Gasteiger partial charge in [0.15, 0.2) is 0 Å². The highest BCUT2D eigenvalue weighted by Crippen LogP contribution is 2.21. The summed E-state index contributed by atoms with van der Waals surface area (Å²) in [6, 6.07) is 2.59. The normalized spacial score (nSPS) is 26.4. The van der Waals surface area contributed by atoms with E-state index in [1.165, 1.54) is 0 Å². The molecule has 0 spiro atoms. The van der Waals surface area contributed by atoms with Crippen LogP contribution in [0.5, 0.6) is 0 Å². The van der Waals surface area contributed by atoms with Gasteiger partial charge in [0, 0.05) is 32.2 Å². The first-order valence-electron chi connectivity index (χ1n) is 7.13. The molecule has 0 radical (unpaired) electrons. The van der Waals surface area contributed by atoms with Crippen LogP contribution in [0, 0.1) is 23.2 Å². The molecule has 0 aromatic heterocycles. The molecule has 0 saturated carbocycles. The molecule has 2 unspecified atom stereocenters. The van der Waals surface area contributed by atoms with Crippen molar-refractivity contribution in [2.75, 3.05) is 39.4 Å². The van der Waals surface area contributed by atoms with E-state index < -0.39 is 5.92 Å². The van der Waals surface area contributed by atoms with Crippen LogP contribution >= 0.6 is 0 Å². The number of amides is 1. The fraction of sp³-hybridized carbons (Fsp3) is 0.857. The predicted octanol–water partition coefficient (Wildman–Crippen LogP) is 0.715. The Morgan fingerprint density at radius 2 is 2.00 bits per heavy atom. The van der Waals surface area contributed by atoms with E-state index in [0.717, 1.165) is 45.8 Å². The summed E-state index contributed by atoms with van der Waals surface area (Å²) in [6.07, 6.45) is 1.02. The van der Waals surface area contributed by atoms with E-state index in [1.54, 1.807) is 0 Å². The molecule has 2 atom stereocenters. The molecule has 0 bridgehead atoms. The van der Waals surface area contributed by atoms with E-state index in [4.69, 9.17) is 10.00 Å². The third-order valence-corrected chi connectivity index (χ3v) is 4.11. The monoisotopic (exact) mass is 265 g/mol. The number of hydrogen-bond donors (Lipinski definition) is 0. The van der Waals surface area contributed by atoms with Gasteiger partial charge < -0.3 is 9.64 Å². The maximum absolute atomic E-state index is 12.3. The minimum Gasteiger partial charge on any atom is -0.379 e. The number of rotatable bonds is 3. The third kappa shape index (κ3) is 3.26. The lowest BCUT2D eigenvalue weighted by atomic mass is 9.96. The van der Waals surface area contributed by atoms with Crippen molar-refractivity contribution in [3.05, 3.63) is 0 Å². The van der Waals surface area contributed by atoms with E-state index in [1.807, 2.05) is 18.7 Å². The minimum atomic E-state index is -0.497. The van der Waals surface area contributed by atoms with Crippen LogP contribution in [0.3, 0.4) is 0 Å². The van der Waals surface area contributed by atoms with Gasteiger partial charge in [-0.3, -0.25) is 9.69 Å². The van der Waals surface area contributed by atoms with Gasteiger partial charge in [0.25, 0.3) is 0 Å². The van der Waals surface area contributed by atoms with Crippen LogP contribution in [-0.4, -0.2) is 61.1 Å². The van der Waals surface area contributed by atoms with Gasteiger partial charge in [0.2, 0.25) is 5.91 Å². The molecule has 5 heteroatoms. The Hall–Kier alpha value is -1.12. The van der Waals surface area contributed by atoms with Crippen molar-refractivity contribution < 1.29 is 9.53 Å². The van der Waals surface area contributed by atoms with Gasteiger partial charge in [-0.15, -0.1) is 0 Å². The molecule has 2 fully saturated rings. The summed E-state index contributed by atoms with van der Waals surface area (Å²) in [5.41, 5.74) is 0. The number of likely N-dealkylation sites (tertiary alicyclic amines) is 1. The zero-order valence-corrected chi connectivity index (χ0v) is 11.8. The van der Waals surface area contributed by atoms with Gasteiger partial charge in [-0.1, -0.05) is 13.8 Å². The molecule has 0 N–H and O–H groups in total. The first-order valence-corrected chi connectivity index (χ1v) is 7.13. The van der Waals surface area contributed by atoms with Gasteiger partial charge in [0.05, 0.1) is 19.3 Å². The Balaban J connectivity index is 1.90. The van der Waals surface area contributed by atoms with Crippen molar-refractivity contribution in [2.24, 2.45) is 11.8 Å². The third-order valence-electron chi connectivity index (χ3n) is 4.11. The lowest BCUT2D eigenvalue weighted by Gasteiger charge is -2.32. The van der Waals surface area contributed by atoms with Crippen LogP contribution in [-0.2, 0) is 9.53 Å². The lowest BCUT2D eigenvalue weighted by Crippen LogP contribution is -2.45. The van der Waals surface area contributed by atoms with Crippen molar-refractivity contribution >= 4 is 5.91 Å². The van der Waals surface area contributed by atoms with E-state index in [0.29, 0.717) is 6.04 Å². The second-order valence-electron chi connectivity index (χ2n) is 5.73. The number of hydrogen-bond acceptors (Lipinski definition) is 4. The molecule has 2 aliphatic heterocycles. The summed E-state index contributed by atoms with van der Waals surface area (Å²) < 4.78 is 5.36. The van der Waals surface area contributed by atoms with Gasteiger partial charge in [-0.25, -0.2) is 0 Å². The zero-order chi connectivity index (χ0) is 13.8. The molecule has 5 nitrogen and oxygen atoms in total. The van der Waals surface area contributed by atoms with E-state index >= 15 is 0 Å². The van der Waals surface area contributed by atoms with Crippen LogP contribution in [0.4, 0.5) is 0 Å². The average molecular weight is 265 g/mol. The van der Waals surface area contributed by atoms with Crippen molar-refractivity contribution in [1.82, 2.24) is 9.80 Å². The zero-order valence-electron chi connectivity index (χ0n) is 11.8. The number of carbonyl (C=O) groups excluding carboxylic acids is 1. The summed E-state index contributed by atoms with van der Waals surface area (Å²) in [7, 11) is 0. The first-order chi connectivity index (χ1) is 9.13. The second-order valence-corrected chi connectivity index (χ2v) is 5.73. The van der Waals surface area contributed by atoms with E-state index in [-0.39, 0.29) is 11.8 Å². The Kier molecular flexibility index (Phi) is 4.78. The topological polar surface area (TPSA) is 56.6 Å². The van der Waals surface area contributed by atoms with Crippen molar-refractivity contribution in [2.45, 2.75) is 26.3 Å². The minimum absolute atomic E-state index is 0.00765. The summed E-state index contributed by atoms with van der Waals surface area (Å²) in [4.78, 5) is 16.6. The fourth-order valence-corrected chi connectivity index (χ4v) is 2.87. The average Bonchev–Trinajstić information content (AvgIpc) is 2.89. The summed E-state index contributed by atoms with van der Waals surface area (Å²) in [5, 5.41) is 9.12. The van der Waals surface area contributed by atoms with Gasteiger partial charge in [-0.05, 0) is 12.3 Å². The number of nitriles is 1. The quantitative estimate of drug-likeness (QED) is 0.754. The molecule has 106 valence electrons. The van der Waals surface area contributed by atoms with Crippen molar-refractivity contribution in [3.63, 3.8) is 0 Å². The molecule has 0 aliphatic carbocycles. The van der Waals surface area contributed by atoms with E-state index in [9.17, 15) is 4.79 Å². The van der Waals surface area contributed by atoms with Gasteiger partial charge in [-0.2, -0.15) is 5.26 Å². The van der Waals surface area contributed by atoms with Gasteiger partial charge in [0.1, 0.15) is 5.92 Å². The Labute approximate surface area is 115 Å². The van der Waals surface area contributed by atoms with Crippen LogP contribution in [0.1, 0.15) is 20.3 Å². The van der Waals surface area contributed by atoms with Crippen LogP contribution in [0.25, 0.3) is 0 Å². The lowest BCUT2D eigenvalue weighted by molar-refractivity contribution is -0.134. The molecule has 2 saturated heterocycles. The fourth-order valence-electron chi connectivity index (χ4n) is 2.87. The second kappa shape index (κ2) is 6.36. The standard InChI is InChI=1S/C14H23N3O2/c1-11(2)13(9-15)14(18)17-4-3-12(10-17)16-5-7-19-8-6-16/h11-13H,3-8,10H2,1-2H3. The molecule has 0 aromatic carbocycles. The molecule has 1 amide bonds. The van der Waals surface area contributed by atoms with Crippen molar-refractivity contribution in [3.8, 4) is 6.07 Å². The number of nitrogens with zero attached hydrogens (tertiary/aromatic N) is 3. The highest BCUT2D eigenvalue weighted by atomic mass is 16.5. The van der Waals surface area contributed by atoms with Crippen molar-refractivity contribution in [1.29, 1.82) is 5.26 Å². The van der Waals surface area contributed by atoms with E-state index in [2.05, 4.69) is 11.0 Å². The highest BCUT2D eigenvalue weighted by Gasteiger charge is 2.34. The molecule has 2 aliphatic rings. The molecular formula is C14H23N3O2. The Morgan fingerprint density at radius 1 is 1.32 bits per heavy atom. The molecule has 2 heterocycles. The van der Waals surface area contributed by atoms with Crippen LogP contribution in [0.2, 0.25) is 0 Å².